The smallest absolute Gasteiger partial charge is 0.379 e. The number of carbonyl (C=O) groups excluding carboxylic acids is 3. The average molecular weight is 522 g/mol. The normalized spacial score (nSPS) is 19.6. The van der Waals surface area contributed by atoms with Gasteiger partial charge in [0, 0.05) is 19.2 Å². The molecule has 1 aromatic carbocycles. The molecule has 0 spiro atoms. The third kappa shape index (κ3) is 5.48. The van der Waals surface area contributed by atoms with Gasteiger partial charge in [-0.05, 0) is 52.2 Å². The number of amides is 3. The molecule has 4 rings (SSSR count). The Bertz CT molecular complexity index is 1190. The number of aromatic nitrogens is 2. The molecule has 9 nitrogen and oxygen atoms in total. The summed E-state index contributed by atoms with van der Waals surface area (Å²) >= 11 is 0. The molecule has 1 saturated carbocycles. The summed E-state index contributed by atoms with van der Waals surface area (Å²) in [4.78, 5) is 45.4. The number of rotatable bonds is 9. The molecule has 1 fully saturated rings. The number of carbonyl (C=O) groups is 3. The average Bonchev–Trinajstić information content (AvgIpc) is 3.55. The van der Waals surface area contributed by atoms with Crippen molar-refractivity contribution in [3.05, 3.63) is 47.5 Å². The van der Waals surface area contributed by atoms with E-state index in [9.17, 15) is 27.6 Å². The molecule has 37 heavy (non-hydrogen) atoms. The molecule has 0 saturated heterocycles. The molecule has 0 bridgehead atoms. The van der Waals surface area contributed by atoms with Crippen molar-refractivity contribution < 1.29 is 32.3 Å². The number of para-hydroxylation sites is 1. The minimum Gasteiger partial charge on any atom is -0.379 e. The highest BCUT2D eigenvalue weighted by molar-refractivity contribution is 6.12. The summed E-state index contributed by atoms with van der Waals surface area (Å²) in [7, 11) is 0. The van der Waals surface area contributed by atoms with E-state index in [1.54, 1.807) is 6.92 Å². The van der Waals surface area contributed by atoms with Crippen LogP contribution in [0.3, 0.4) is 0 Å². The highest BCUT2D eigenvalue weighted by atomic mass is 19.4. The molecule has 2 heterocycles. The van der Waals surface area contributed by atoms with E-state index in [-0.39, 0.29) is 36.0 Å². The van der Waals surface area contributed by atoms with Crippen LogP contribution >= 0.6 is 0 Å². The first-order valence-electron chi connectivity index (χ1n) is 12.2. The Morgan fingerprint density at radius 2 is 1.95 bits per heavy atom. The number of hydrogen-bond acceptors (Lipinski definition) is 5. The zero-order valence-electron chi connectivity index (χ0n) is 20.9. The summed E-state index contributed by atoms with van der Waals surface area (Å²) in [5.74, 6) is -1.82. The van der Waals surface area contributed by atoms with Gasteiger partial charge in [-0.25, -0.2) is 4.98 Å². The van der Waals surface area contributed by atoms with Gasteiger partial charge in [-0.2, -0.15) is 13.2 Å². The zero-order valence-corrected chi connectivity index (χ0v) is 20.9. The minimum absolute atomic E-state index is 0.0514. The topological polar surface area (TPSA) is 106 Å². The summed E-state index contributed by atoms with van der Waals surface area (Å²) in [6.45, 7) is 6.43. The summed E-state index contributed by atoms with van der Waals surface area (Å²) in [5, 5.41) is 5.13. The van der Waals surface area contributed by atoms with Crippen LogP contribution in [0, 0.1) is 0 Å². The number of alkyl halides is 3. The Morgan fingerprint density at radius 1 is 1.24 bits per heavy atom. The van der Waals surface area contributed by atoms with E-state index in [0.29, 0.717) is 32.4 Å². The van der Waals surface area contributed by atoms with E-state index >= 15 is 0 Å². The molecule has 1 aliphatic heterocycles. The number of halogens is 3. The molecule has 200 valence electrons. The first-order valence-corrected chi connectivity index (χ1v) is 12.2. The Balaban J connectivity index is 1.56. The lowest BCUT2D eigenvalue weighted by atomic mass is 9.94. The van der Waals surface area contributed by atoms with Crippen LogP contribution in [0.2, 0.25) is 0 Å². The van der Waals surface area contributed by atoms with E-state index in [1.165, 1.54) is 27.9 Å². The van der Waals surface area contributed by atoms with E-state index in [4.69, 9.17) is 4.74 Å². The number of imidazole rings is 1. The summed E-state index contributed by atoms with van der Waals surface area (Å²) in [6, 6.07) is 4.41. The predicted molar refractivity (Wildman–Crippen MR) is 128 cm³/mol. The predicted octanol–water partition coefficient (Wildman–Crippen LogP) is 3.46. The lowest BCUT2D eigenvalue weighted by molar-refractivity contribution is -0.137. The van der Waals surface area contributed by atoms with Crippen molar-refractivity contribution in [2.75, 3.05) is 18.5 Å². The van der Waals surface area contributed by atoms with Gasteiger partial charge in [0.25, 0.3) is 11.8 Å². The Labute approximate surface area is 212 Å². The second-order valence-electron chi connectivity index (χ2n) is 9.78. The Hall–Kier alpha value is -3.41. The summed E-state index contributed by atoms with van der Waals surface area (Å²) in [6.07, 6.45) is -1.28. The number of nitrogens with one attached hydrogen (secondary N) is 2. The quantitative estimate of drug-likeness (QED) is 0.492. The van der Waals surface area contributed by atoms with Gasteiger partial charge in [0.05, 0.1) is 30.2 Å². The Morgan fingerprint density at radius 3 is 2.59 bits per heavy atom. The molecule has 12 heteroatoms. The Kier molecular flexibility index (Phi) is 7.31. The lowest BCUT2D eigenvalue weighted by Gasteiger charge is -2.44. The fraction of sp³-hybridized carbons (Fsp3) is 0.520. The molecule has 3 amide bonds. The van der Waals surface area contributed by atoms with Crippen LogP contribution in [0.4, 0.5) is 18.9 Å². The van der Waals surface area contributed by atoms with Crippen molar-refractivity contribution in [2.45, 2.75) is 70.4 Å². The molecule has 0 radical (unpaired) electrons. The first-order chi connectivity index (χ1) is 17.4. The van der Waals surface area contributed by atoms with Crippen LogP contribution in [-0.4, -0.2) is 63.0 Å². The van der Waals surface area contributed by atoms with Crippen molar-refractivity contribution >= 4 is 23.4 Å². The fourth-order valence-corrected chi connectivity index (χ4v) is 4.53. The second-order valence-corrected chi connectivity index (χ2v) is 9.78. The van der Waals surface area contributed by atoms with Gasteiger partial charge in [0.15, 0.2) is 5.69 Å². The van der Waals surface area contributed by atoms with E-state index < -0.39 is 34.8 Å². The van der Waals surface area contributed by atoms with Crippen LogP contribution in [0.15, 0.2) is 30.6 Å². The van der Waals surface area contributed by atoms with E-state index in [0.717, 1.165) is 12.1 Å². The molecular formula is C25H30F3N5O4. The molecule has 1 aromatic heterocycles. The van der Waals surface area contributed by atoms with Crippen LogP contribution < -0.4 is 10.6 Å². The summed E-state index contributed by atoms with van der Waals surface area (Å²) < 4.78 is 47.0. The van der Waals surface area contributed by atoms with Crippen LogP contribution in [0.5, 0.6) is 0 Å². The zero-order chi connectivity index (χ0) is 27.0. The monoisotopic (exact) mass is 521 g/mol. The van der Waals surface area contributed by atoms with Gasteiger partial charge in [-0.1, -0.05) is 12.1 Å². The number of fused-ring (bicyclic) bond motifs is 1. The van der Waals surface area contributed by atoms with Crippen molar-refractivity contribution in [3.63, 3.8) is 0 Å². The van der Waals surface area contributed by atoms with Gasteiger partial charge in [0.2, 0.25) is 5.91 Å². The van der Waals surface area contributed by atoms with Gasteiger partial charge in [-0.3, -0.25) is 14.4 Å². The molecule has 1 unspecified atom stereocenters. The molecule has 2 N–H and O–H groups in total. The third-order valence-corrected chi connectivity index (χ3v) is 6.42. The van der Waals surface area contributed by atoms with Crippen molar-refractivity contribution in [2.24, 2.45) is 0 Å². The fourth-order valence-electron chi connectivity index (χ4n) is 4.53. The van der Waals surface area contributed by atoms with Crippen LogP contribution in [0.25, 0.3) is 0 Å². The standard InChI is InChI=1S/C25H30F3N5O4/c1-15(2)37-12-6-11-29-23(36)24(3)13-32-14-30-19(20(32)22(35)33(24)16-9-10-16)21(34)31-18-8-5-4-7-17(18)25(26,27)28/h4-5,7-8,14-16H,6,9-13H2,1-3H3,(H,29,36)(H,31,34). The SMILES string of the molecule is CC(C)OCCCNC(=O)C1(C)Cn2cnc(C(=O)Nc3ccccc3C(F)(F)F)c2C(=O)N1C1CC1. The van der Waals surface area contributed by atoms with E-state index in [1.807, 2.05) is 13.8 Å². The van der Waals surface area contributed by atoms with Gasteiger partial charge < -0.3 is 24.8 Å². The van der Waals surface area contributed by atoms with E-state index in [2.05, 4.69) is 15.6 Å². The number of ether oxygens (including phenoxy) is 1. The largest absolute Gasteiger partial charge is 0.418 e. The van der Waals surface area contributed by atoms with Gasteiger partial charge in [-0.15, -0.1) is 0 Å². The molecule has 1 atom stereocenters. The number of nitrogens with zero attached hydrogens (tertiary/aromatic N) is 3. The molecule has 2 aliphatic rings. The second kappa shape index (κ2) is 10.2. The van der Waals surface area contributed by atoms with Gasteiger partial charge >= 0.3 is 6.18 Å². The van der Waals surface area contributed by atoms with Crippen LogP contribution in [-0.2, 0) is 22.3 Å². The van der Waals surface area contributed by atoms with Crippen molar-refractivity contribution in [3.8, 4) is 0 Å². The molecule has 1 aliphatic carbocycles. The van der Waals surface area contributed by atoms with Crippen molar-refractivity contribution in [1.29, 1.82) is 0 Å². The van der Waals surface area contributed by atoms with Crippen molar-refractivity contribution in [1.82, 2.24) is 19.8 Å². The van der Waals surface area contributed by atoms with Gasteiger partial charge in [0.1, 0.15) is 11.2 Å². The number of benzene rings is 1. The number of anilines is 1. The molecule has 2 aromatic rings. The maximum atomic E-state index is 13.6. The lowest BCUT2D eigenvalue weighted by Crippen LogP contribution is -2.64. The maximum absolute atomic E-state index is 13.6. The maximum Gasteiger partial charge on any atom is 0.418 e. The first kappa shape index (κ1) is 26.6. The highest BCUT2D eigenvalue weighted by Crippen LogP contribution is 2.39. The van der Waals surface area contributed by atoms with Crippen LogP contribution in [0.1, 0.15) is 66.6 Å². The summed E-state index contributed by atoms with van der Waals surface area (Å²) in [5.41, 5.74) is -3.01. The highest BCUT2D eigenvalue weighted by Gasteiger charge is 2.53. The molecular weight excluding hydrogens is 491 g/mol. The minimum atomic E-state index is -4.67. The number of hydrogen-bond donors (Lipinski definition) is 2. The third-order valence-electron chi connectivity index (χ3n) is 6.42.